The third-order valence-corrected chi connectivity index (χ3v) is 5.48. The molecule has 1 aliphatic heterocycles. The summed E-state index contributed by atoms with van der Waals surface area (Å²) < 4.78 is 22.1. The second-order valence-electron chi connectivity index (χ2n) is 6.46. The van der Waals surface area contributed by atoms with Crippen molar-refractivity contribution in [3.63, 3.8) is 0 Å². The first-order valence-corrected chi connectivity index (χ1v) is 10.2. The highest BCUT2D eigenvalue weighted by molar-refractivity contribution is 7.21. The number of amides is 2. The number of esters is 1. The third-order valence-electron chi connectivity index (χ3n) is 4.35. The van der Waals surface area contributed by atoms with Gasteiger partial charge in [-0.3, -0.25) is 0 Å². The topological polar surface area (TPSA) is 95.1 Å². The molecule has 0 fully saturated rings. The van der Waals surface area contributed by atoms with Crippen LogP contribution < -0.4 is 24.8 Å². The van der Waals surface area contributed by atoms with E-state index < -0.39 is 12.0 Å². The number of thiophene rings is 1. The number of anilines is 2. The number of hydrogen-bond acceptors (Lipinski definition) is 7. The second kappa shape index (κ2) is 8.50. The van der Waals surface area contributed by atoms with E-state index in [4.69, 9.17) is 18.9 Å². The van der Waals surface area contributed by atoms with Crippen LogP contribution in [0.15, 0.2) is 36.4 Å². The van der Waals surface area contributed by atoms with Crippen LogP contribution in [0, 0.1) is 0 Å². The number of ether oxygens (including phenoxy) is 4. The van der Waals surface area contributed by atoms with Gasteiger partial charge in [-0.05, 0) is 36.8 Å². The number of nitrogens with one attached hydrogen (secondary N) is 2. The highest BCUT2D eigenvalue weighted by Crippen LogP contribution is 2.40. The standard InChI is InChI=1S/C21H20N2O6S/c1-3-8-27-18-14-9-12(5-7-17(14)30-19(18)20(24)26-2)22-21(25)23-13-4-6-15-16(10-13)29-11-28-15/h4-7,9-10H,3,8,11H2,1-2H3,(H2,22,23,25). The van der Waals surface area contributed by atoms with E-state index in [0.717, 1.165) is 16.5 Å². The molecule has 0 saturated heterocycles. The van der Waals surface area contributed by atoms with Crippen molar-refractivity contribution in [1.29, 1.82) is 0 Å². The minimum Gasteiger partial charge on any atom is -0.491 e. The van der Waals surface area contributed by atoms with Crippen molar-refractivity contribution in [2.24, 2.45) is 0 Å². The van der Waals surface area contributed by atoms with Gasteiger partial charge in [-0.1, -0.05) is 6.92 Å². The molecule has 0 radical (unpaired) electrons. The molecule has 3 aromatic rings. The molecular formula is C21H20N2O6S. The fourth-order valence-electron chi connectivity index (χ4n) is 3.00. The Kier molecular flexibility index (Phi) is 5.62. The SMILES string of the molecule is CCCOc1c(C(=O)OC)sc2ccc(NC(=O)Nc3ccc4c(c3)OCO4)cc12. The summed E-state index contributed by atoms with van der Waals surface area (Å²) in [6, 6.07) is 10.1. The fourth-order valence-corrected chi connectivity index (χ4v) is 4.04. The summed E-state index contributed by atoms with van der Waals surface area (Å²) in [6.45, 7) is 2.62. The molecule has 0 unspecified atom stereocenters. The minimum atomic E-state index is -0.447. The lowest BCUT2D eigenvalue weighted by Gasteiger charge is -2.09. The van der Waals surface area contributed by atoms with Crippen molar-refractivity contribution in [2.75, 3.05) is 31.1 Å². The zero-order valence-corrected chi connectivity index (χ0v) is 17.3. The molecule has 9 heteroatoms. The number of benzene rings is 2. The average Bonchev–Trinajstić information content (AvgIpc) is 3.35. The van der Waals surface area contributed by atoms with Gasteiger partial charge in [0.25, 0.3) is 0 Å². The van der Waals surface area contributed by atoms with Gasteiger partial charge in [-0.2, -0.15) is 0 Å². The maximum atomic E-state index is 12.4. The molecule has 0 saturated carbocycles. The third kappa shape index (κ3) is 3.97. The highest BCUT2D eigenvalue weighted by atomic mass is 32.1. The molecule has 30 heavy (non-hydrogen) atoms. The Bertz CT molecular complexity index is 1110. The molecular weight excluding hydrogens is 408 g/mol. The van der Waals surface area contributed by atoms with E-state index in [1.165, 1.54) is 18.4 Å². The van der Waals surface area contributed by atoms with Crippen molar-refractivity contribution in [2.45, 2.75) is 13.3 Å². The van der Waals surface area contributed by atoms with Crippen LogP contribution in [-0.2, 0) is 4.74 Å². The van der Waals surface area contributed by atoms with Gasteiger partial charge in [-0.15, -0.1) is 11.3 Å². The molecule has 0 bridgehead atoms. The van der Waals surface area contributed by atoms with Crippen molar-refractivity contribution in [3.8, 4) is 17.2 Å². The fraction of sp³-hybridized carbons (Fsp3) is 0.238. The number of hydrogen-bond donors (Lipinski definition) is 2. The molecule has 1 aliphatic rings. The van der Waals surface area contributed by atoms with Gasteiger partial charge in [-0.25, -0.2) is 9.59 Å². The summed E-state index contributed by atoms with van der Waals surface area (Å²) in [4.78, 5) is 25.0. The largest absolute Gasteiger partial charge is 0.491 e. The van der Waals surface area contributed by atoms with Crippen molar-refractivity contribution >= 4 is 44.8 Å². The predicted octanol–water partition coefficient (Wildman–Crippen LogP) is 4.85. The number of urea groups is 1. The molecule has 2 amide bonds. The van der Waals surface area contributed by atoms with E-state index in [2.05, 4.69) is 10.6 Å². The summed E-state index contributed by atoms with van der Waals surface area (Å²) in [5.41, 5.74) is 1.14. The zero-order chi connectivity index (χ0) is 21.1. The van der Waals surface area contributed by atoms with Crippen molar-refractivity contribution in [1.82, 2.24) is 0 Å². The van der Waals surface area contributed by atoms with Gasteiger partial charge >= 0.3 is 12.0 Å². The number of fused-ring (bicyclic) bond motifs is 2. The average molecular weight is 428 g/mol. The molecule has 1 aromatic heterocycles. The predicted molar refractivity (Wildman–Crippen MR) is 114 cm³/mol. The summed E-state index contributed by atoms with van der Waals surface area (Å²) in [5.74, 6) is 1.26. The van der Waals surface area contributed by atoms with Crippen LogP contribution in [0.5, 0.6) is 17.2 Å². The van der Waals surface area contributed by atoms with Crippen LogP contribution in [0.1, 0.15) is 23.0 Å². The monoisotopic (exact) mass is 428 g/mol. The maximum absolute atomic E-state index is 12.4. The highest BCUT2D eigenvalue weighted by Gasteiger charge is 2.21. The van der Waals surface area contributed by atoms with E-state index in [1.54, 1.807) is 30.3 Å². The molecule has 0 aliphatic carbocycles. The van der Waals surface area contributed by atoms with Crippen LogP contribution in [0.2, 0.25) is 0 Å². The van der Waals surface area contributed by atoms with Gasteiger partial charge in [0.2, 0.25) is 6.79 Å². The minimum absolute atomic E-state index is 0.168. The lowest BCUT2D eigenvalue weighted by molar-refractivity contribution is 0.0602. The maximum Gasteiger partial charge on any atom is 0.351 e. The molecule has 156 valence electrons. The zero-order valence-electron chi connectivity index (χ0n) is 16.4. The van der Waals surface area contributed by atoms with E-state index >= 15 is 0 Å². The van der Waals surface area contributed by atoms with E-state index in [1.807, 2.05) is 13.0 Å². The molecule has 4 rings (SSSR count). The van der Waals surface area contributed by atoms with E-state index in [9.17, 15) is 9.59 Å². The van der Waals surface area contributed by atoms with Gasteiger partial charge in [0, 0.05) is 27.5 Å². The Morgan fingerprint density at radius 2 is 1.80 bits per heavy atom. The Morgan fingerprint density at radius 1 is 1.07 bits per heavy atom. The van der Waals surface area contributed by atoms with E-state index in [0.29, 0.717) is 40.1 Å². The number of carbonyl (C=O) groups excluding carboxylic acids is 2. The Morgan fingerprint density at radius 3 is 2.57 bits per heavy atom. The lowest BCUT2D eigenvalue weighted by Crippen LogP contribution is -2.19. The van der Waals surface area contributed by atoms with Gasteiger partial charge < -0.3 is 29.6 Å². The van der Waals surface area contributed by atoms with E-state index in [-0.39, 0.29) is 6.79 Å². The molecule has 0 spiro atoms. The first-order chi connectivity index (χ1) is 14.6. The first kappa shape index (κ1) is 19.8. The number of rotatable bonds is 6. The van der Waals surface area contributed by atoms with Gasteiger partial charge in [0.05, 0.1) is 13.7 Å². The Labute approximate surface area is 176 Å². The molecule has 2 heterocycles. The summed E-state index contributed by atoms with van der Waals surface area (Å²) in [7, 11) is 1.34. The normalized spacial score (nSPS) is 11.9. The smallest absolute Gasteiger partial charge is 0.351 e. The second-order valence-corrected chi connectivity index (χ2v) is 7.51. The van der Waals surface area contributed by atoms with Crippen molar-refractivity contribution < 1.29 is 28.5 Å². The van der Waals surface area contributed by atoms with Crippen LogP contribution in [-0.4, -0.2) is 32.5 Å². The molecule has 2 aromatic carbocycles. The first-order valence-electron chi connectivity index (χ1n) is 9.34. The van der Waals surface area contributed by atoms with Gasteiger partial charge in [0.1, 0.15) is 0 Å². The van der Waals surface area contributed by atoms with Crippen LogP contribution in [0.25, 0.3) is 10.1 Å². The Balaban J connectivity index is 1.55. The Hall–Kier alpha value is -3.46. The number of carbonyl (C=O) groups is 2. The summed E-state index contributed by atoms with van der Waals surface area (Å²) >= 11 is 1.29. The van der Waals surface area contributed by atoms with Crippen LogP contribution in [0.3, 0.4) is 0 Å². The summed E-state index contributed by atoms with van der Waals surface area (Å²) in [6.07, 6.45) is 0.799. The summed E-state index contributed by atoms with van der Waals surface area (Å²) in [5, 5.41) is 6.30. The molecule has 0 atom stereocenters. The molecule has 2 N–H and O–H groups in total. The molecule has 8 nitrogen and oxygen atoms in total. The van der Waals surface area contributed by atoms with Crippen LogP contribution in [0.4, 0.5) is 16.2 Å². The van der Waals surface area contributed by atoms with Crippen molar-refractivity contribution in [3.05, 3.63) is 41.3 Å². The van der Waals surface area contributed by atoms with Crippen LogP contribution >= 0.6 is 11.3 Å². The lowest BCUT2D eigenvalue weighted by atomic mass is 10.2. The number of methoxy groups -OCH3 is 1. The quantitative estimate of drug-likeness (QED) is 0.545. The van der Waals surface area contributed by atoms with Gasteiger partial charge in [0.15, 0.2) is 22.1 Å².